The van der Waals surface area contributed by atoms with Gasteiger partial charge < -0.3 is 11.1 Å². The van der Waals surface area contributed by atoms with Gasteiger partial charge in [-0.05, 0) is 25.6 Å². The van der Waals surface area contributed by atoms with Crippen LogP contribution in [-0.2, 0) is 13.6 Å². The molecular formula is C12H18N4. The van der Waals surface area contributed by atoms with E-state index in [-0.39, 0.29) is 0 Å². The number of benzene rings is 1. The summed E-state index contributed by atoms with van der Waals surface area (Å²) in [5.41, 5.74) is 7.73. The number of hydrogen-bond acceptors (Lipinski definition) is 3. The van der Waals surface area contributed by atoms with E-state index in [0.717, 1.165) is 31.7 Å². The third-order valence-corrected chi connectivity index (χ3v) is 2.68. The molecule has 0 bridgehead atoms. The van der Waals surface area contributed by atoms with Gasteiger partial charge in [-0.25, -0.2) is 0 Å². The first kappa shape index (κ1) is 11.1. The Hall–Kier alpha value is -1.39. The van der Waals surface area contributed by atoms with Gasteiger partial charge in [0.05, 0.1) is 11.2 Å². The predicted molar refractivity (Wildman–Crippen MR) is 66.1 cm³/mol. The van der Waals surface area contributed by atoms with Crippen LogP contribution in [0.4, 0.5) is 0 Å². The van der Waals surface area contributed by atoms with Gasteiger partial charge >= 0.3 is 0 Å². The second-order valence-corrected chi connectivity index (χ2v) is 3.91. The molecule has 3 N–H and O–H groups in total. The van der Waals surface area contributed by atoms with Crippen LogP contribution < -0.4 is 11.1 Å². The molecule has 2 aromatic rings. The highest BCUT2D eigenvalue weighted by Gasteiger charge is 2.06. The van der Waals surface area contributed by atoms with Crippen molar-refractivity contribution < 1.29 is 0 Å². The van der Waals surface area contributed by atoms with Crippen LogP contribution in [0.1, 0.15) is 12.1 Å². The van der Waals surface area contributed by atoms with Crippen LogP contribution in [0, 0.1) is 0 Å². The summed E-state index contributed by atoms with van der Waals surface area (Å²) in [5.74, 6) is 0. The lowest BCUT2D eigenvalue weighted by atomic mass is 10.2. The van der Waals surface area contributed by atoms with Crippen LogP contribution in [-0.4, -0.2) is 22.9 Å². The van der Waals surface area contributed by atoms with Crippen molar-refractivity contribution in [2.45, 2.75) is 13.0 Å². The molecule has 16 heavy (non-hydrogen) atoms. The molecule has 0 unspecified atom stereocenters. The Labute approximate surface area is 95.4 Å². The van der Waals surface area contributed by atoms with E-state index >= 15 is 0 Å². The van der Waals surface area contributed by atoms with Crippen molar-refractivity contribution in [1.82, 2.24) is 15.1 Å². The van der Waals surface area contributed by atoms with Crippen molar-refractivity contribution in [2.24, 2.45) is 12.8 Å². The smallest absolute Gasteiger partial charge is 0.0841 e. The fraction of sp³-hybridized carbons (Fsp3) is 0.417. The molecular weight excluding hydrogens is 200 g/mol. The molecule has 4 nitrogen and oxygen atoms in total. The van der Waals surface area contributed by atoms with E-state index in [9.17, 15) is 0 Å². The predicted octanol–water partition coefficient (Wildman–Crippen LogP) is 1.01. The Morgan fingerprint density at radius 1 is 1.38 bits per heavy atom. The molecule has 1 heterocycles. The van der Waals surface area contributed by atoms with Gasteiger partial charge in [0.2, 0.25) is 0 Å². The Morgan fingerprint density at radius 3 is 3.00 bits per heavy atom. The van der Waals surface area contributed by atoms with Crippen molar-refractivity contribution >= 4 is 10.9 Å². The lowest BCUT2D eigenvalue weighted by Gasteiger charge is -2.00. The maximum atomic E-state index is 5.44. The Kier molecular flexibility index (Phi) is 3.54. The molecule has 0 amide bonds. The minimum atomic E-state index is 0.732. The molecule has 4 heteroatoms. The van der Waals surface area contributed by atoms with Crippen LogP contribution in [0.2, 0.25) is 0 Å². The summed E-state index contributed by atoms with van der Waals surface area (Å²) in [6, 6.07) is 8.29. The molecule has 0 fully saturated rings. The molecule has 0 aliphatic heterocycles. The molecule has 0 aliphatic rings. The highest BCUT2D eigenvalue weighted by atomic mass is 15.3. The lowest BCUT2D eigenvalue weighted by molar-refractivity contribution is 0.636. The van der Waals surface area contributed by atoms with Crippen molar-refractivity contribution in [1.29, 1.82) is 0 Å². The summed E-state index contributed by atoms with van der Waals surface area (Å²) in [6.45, 7) is 2.48. The van der Waals surface area contributed by atoms with Gasteiger partial charge in [-0.1, -0.05) is 18.2 Å². The number of aryl methyl sites for hydroxylation is 1. The van der Waals surface area contributed by atoms with Crippen molar-refractivity contribution in [3.05, 3.63) is 30.0 Å². The van der Waals surface area contributed by atoms with Gasteiger partial charge in [-0.2, -0.15) is 5.10 Å². The van der Waals surface area contributed by atoms with E-state index in [0.29, 0.717) is 0 Å². The van der Waals surface area contributed by atoms with Gasteiger partial charge in [0.15, 0.2) is 0 Å². The first-order chi connectivity index (χ1) is 7.83. The fourth-order valence-corrected chi connectivity index (χ4v) is 1.85. The van der Waals surface area contributed by atoms with E-state index in [1.165, 1.54) is 10.9 Å². The summed E-state index contributed by atoms with van der Waals surface area (Å²) in [6.07, 6.45) is 1.00. The lowest BCUT2D eigenvalue weighted by Crippen LogP contribution is -2.18. The topological polar surface area (TPSA) is 55.9 Å². The quantitative estimate of drug-likeness (QED) is 0.736. The van der Waals surface area contributed by atoms with E-state index in [2.05, 4.69) is 22.5 Å². The summed E-state index contributed by atoms with van der Waals surface area (Å²) in [5, 5.41) is 9.09. The van der Waals surface area contributed by atoms with Crippen LogP contribution >= 0.6 is 0 Å². The third kappa shape index (κ3) is 2.23. The maximum absolute atomic E-state index is 5.44. The number of fused-ring (bicyclic) bond motifs is 1. The van der Waals surface area contributed by atoms with Gasteiger partial charge in [0, 0.05) is 19.0 Å². The number of rotatable bonds is 5. The van der Waals surface area contributed by atoms with Gasteiger partial charge in [0.1, 0.15) is 0 Å². The first-order valence-corrected chi connectivity index (χ1v) is 5.64. The number of nitrogens with zero attached hydrogens (tertiary/aromatic N) is 2. The number of aromatic nitrogens is 2. The number of nitrogens with one attached hydrogen (secondary N) is 1. The van der Waals surface area contributed by atoms with Crippen molar-refractivity contribution in [3.8, 4) is 0 Å². The molecule has 0 aliphatic carbocycles. The average Bonchev–Trinajstić information content (AvgIpc) is 2.63. The Balaban J connectivity index is 2.12. The number of nitrogens with two attached hydrogens (primary N) is 1. The zero-order valence-corrected chi connectivity index (χ0v) is 9.61. The maximum Gasteiger partial charge on any atom is 0.0841 e. The Bertz CT molecular complexity index is 461. The fourth-order valence-electron chi connectivity index (χ4n) is 1.85. The number of hydrogen-bond donors (Lipinski definition) is 2. The second-order valence-electron chi connectivity index (χ2n) is 3.91. The van der Waals surface area contributed by atoms with Crippen molar-refractivity contribution in [2.75, 3.05) is 13.1 Å². The summed E-state index contributed by atoms with van der Waals surface area (Å²) in [7, 11) is 1.98. The van der Waals surface area contributed by atoms with E-state index in [4.69, 9.17) is 5.73 Å². The van der Waals surface area contributed by atoms with E-state index < -0.39 is 0 Å². The molecule has 1 aromatic heterocycles. The largest absolute Gasteiger partial charge is 0.330 e. The zero-order valence-electron chi connectivity index (χ0n) is 9.61. The summed E-state index contributed by atoms with van der Waals surface area (Å²) >= 11 is 0. The molecule has 0 atom stereocenters. The average molecular weight is 218 g/mol. The third-order valence-electron chi connectivity index (χ3n) is 2.68. The van der Waals surface area contributed by atoms with Gasteiger partial charge in [-0.15, -0.1) is 0 Å². The summed E-state index contributed by atoms with van der Waals surface area (Å²) < 4.78 is 1.93. The van der Waals surface area contributed by atoms with Crippen LogP contribution in [0.25, 0.3) is 10.9 Å². The second kappa shape index (κ2) is 5.09. The van der Waals surface area contributed by atoms with Crippen LogP contribution in [0.5, 0.6) is 0 Å². The highest BCUT2D eigenvalue weighted by molar-refractivity contribution is 5.81. The monoisotopic (exact) mass is 218 g/mol. The molecule has 0 saturated heterocycles. The highest BCUT2D eigenvalue weighted by Crippen LogP contribution is 2.16. The normalized spacial score (nSPS) is 11.1. The molecule has 0 radical (unpaired) electrons. The standard InChI is InChI=1S/C12H18N4/c1-16-12-6-3-2-5-10(12)11(15-16)9-14-8-4-7-13/h2-3,5-6,14H,4,7-9,13H2,1H3. The van der Waals surface area contributed by atoms with Gasteiger partial charge in [-0.3, -0.25) is 4.68 Å². The van der Waals surface area contributed by atoms with Crippen LogP contribution in [0.15, 0.2) is 24.3 Å². The van der Waals surface area contributed by atoms with E-state index in [1.54, 1.807) is 0 Å². The SMILES string of the molecule is Cn1nc(CNCCCN)c2ccccc21. The number of para-hydroxylation sites is 1. The van der Waals surface area contributed by atoms with Crippen molar-refractivity contribution in [3.63, 3.8) is 0 Å². The zero-order chi connectivity index (χ0) is 11.4. The van der Waals surface area contributed by atoms with Crippen LogP contribution in [0.3, 0.4) is 0 Å². The Morgan fingerprint density at radius 2 is 2.19 bits per heavy atom. The molecule has 86 valence electrons. The minimum Gasteiger partial charge on any atom is -0.330 e. The first-order valence-electron chi connectivity index (χ1n) is 5.64. The van der Waals surface area contributed by atoms with Gasteiger partial charge in [0.25, 0.3) is 0 Å². The molecule has 0 saturated carbocycles. The summed E-state index contributed by atoms with van der Waals surface area (Å²) in [4.78, 5) is 0. The molecule has 0 spiro atoms. The minimum absolute atomic E-state index is 0.732. The van der Waals surface area contributed by atoms with E-state index in [1.807, 2.05) is 23.9 Å². The molecule has 2 rings (SSSR count). The molecule has 1 aromatic carbocycles.